The summed E-state index contributed by atoms with van der Waals surface area (Å²) in [6.07, 6.45) is -0.428. The molecule has 1 aliphatic rings. The summed E-state index contributed by atoms with van der Waals surface area (Å²) in [6, 6.07) is 18.3. The van der Waals surface area contributed by atoms with E-state index < -0.39 is 145 Å². The van der Waals surface area contributed by atoms with Crippen LogP contribution in [-0.2, 0) is 60.9 Å². The summed E-state index contributed by atoms with van der Waals surface area (Å²) < 4.78 is 6.88. The summed E-state index contributed by atoms with van der Waals surface area (Å²) >= 11 is 1.31. The van der Waals surface area contributed by atoms with Crippen molar-refractivity contribution >= 4 is 106 Å². The summed E-state index contributed by atoms with van der Waals surface area (Å²) in [4.78, 5) is 175. The first kappa shape index (κ1) is 84.3. The maximum atomic E-state index is 14.7. The minimum absolute atomic E-state index is 0.00863. The lowest BCUT2D eigenvalue weighted by Gasteiger charge is -2.28. The van der Waals surface area contributed by atoms with E-state index in [0.717, 1.165) is 4.68 Å². The van der Waals surface area contributed by atoms with E-state index >= 15 is 0 Å². The largest absolute Gasteiger partial charge is 0.443 e. The highest BCUT2D eigenvalue weighted by molar-refractivity contribution is 7.99. The third kappa shape index (κ3) is 24.5. The first-order valence-electron chi connectivity index (χ1n) is 35.3. The predicted octanol–water partition coefficient (Wildman–Crippen LogP) is -0.760. The molecule has 0 spiro atoms. The molecule has 0 saturated carbocycles. The fraction of sp³-hybridized carbons (Fsp3) is 0.405. The maximum absolute atomic E-state index is 14.7. The normalized spacial score (nSPS) is 19.9. The van der Waals surface area contributed by atoms with Crippen molar-refractivity contribution in [3.63, 3.8) is 0 Å². The van der Waals surface area contributed by atoms with Gasteiger partial charge in [-0.2, -0.15) is 9.78 Å². The van der Waals surface area contributed by atoms with Gasteiger partial charge < -0.3 is 96.4 Å². The zero-order chi connectivity index (χ0) is 78.6. The average Bonchev–Trinajstić information content (AvgIpc) is 1.63. The van der Waals surface area contributed by atoms with Gasteiger partial charge in [-0.15, -0.1) is 0 Å². The topological polar surface area (TPSA) is 522 Å². The molecule has 11 amide bonds. The molecule has 0 radical (unpaired) electrons. The molecular formula is C74H96N18O15S. The standard InChI is InChI=1S/C74H96N18O15S/c1-41(2)37-57-70(102)84-52(26-31-75)65(97)83-55(29-34-78)69(101)90-61(42(3)93)72(104)81-36-30-56(68(100)82-53(27-32-76)67(99)88-58(71(103)87-57)38-44-13-7-6-8-14-44)85-66(98)54(28-33-77)86-73(105)62(43(4)94)89-63(95)46-20-18-45(19-21-46)40-107-74(106)92-59-39-48(108-60-17-10-9-16-50(60)64(96)79-5)23-24-49(59)51(91-92)25-22-47-15-11-12-35-80-47/h6-25,35,39,41-43,52-58,61-62,93-94H,26-34,36-38,40,75-78H2,1-5H3,(H,79,96)(H,81,104)(H,82,100)(H,83,97)(H,84,102)(H,85,98)(H,86,105)(H,87,103)(H,88,99)(H,89,95)(H,90,101)/b25-22+/t42?,43-,52-,53-,54+,55-,56-,57?,58-,61?,62?/m0/s1. The molecule has 7 rings (SSSR count). The van der Waals surface area contributed by atoms with Crippen molar-refractivity contribution in [1.29, 1.82) is 0 Å². The second-order valence-corrected chi connectivity index (χ2v) is 27.2. The van der Waals surface area contributed by atoms with Gasteiger partial charge in [0.25, 0.3) is 11.8 Å². The molecule has 1 fully saturated rings. The SMILES string of the molecule is CNC(=O)c1ccccc1Sc1ccc2c(/C=C/c3ccccn3)nn(C(=O)OCc3ccc(C(=O)NC(C(=O)N[C@H](CCN)C(=O)N[C@H]4CCNC(=O)C(C(C)O)NC(=O)[C@H](CCN)NC(=O)[C@H](CCN)NC(=O)C(CC(C)C)NC(=O)[C@H](Cc5ccccc5)NC(=O)[C@H](CCN)NC4=O)[C@H](C)O)cc3)c2c1. The third-order valence-corrected chi connectivity index (χ3v) is 18.3. The van der Waals surface area contributed by atoms with Crippen molar-refractivity contribution in [3.8, 4) is 0 Å². The third-order valence-electron chi connectivity index (χ3n) is 17.2. The Morgan fingerprint density at radius 3 is 1.82 bits per heavy atom. The Balaban J connectivity index is 1.09. The Morgan fingerprint density at radius 1 is 0.630 bits per heavy atom. The average molecular weight is 1510 g/mol. The molecule has 33 nitrogen and oxygen atoms in total. The van der Waals surface area contributed by atoms with Gasteiger partial charge in [0.15, 0.2) is 0 Å². The van der Waals surface area contributed by atoms with Crippen molar-refractivity contribution in [2.75, 3.05) is 39.8 Å². The van der Waals surface area contributed by atoms with E-state index in [4.69, 9.17) is 27.7 Å². The number of carbonyl (C=O) groups is 12. The smallest absolute Gasteiger partial charge is 0.435 e. The van der Waals surface area contributed by atoms with E-state index in [0.29, 0.717) is 48.8 Å². The van der Waals surface area contributed by atoms with Gasteiger partial charge in [-0.1, -0.05) is 86.3 Å². The van der Waals surface area contributed by atoms with Gasteiger partial charge in [-0.25, -0.2) is 4.79 Å². The minimum Gasteiger partial charge on any atom is -0.443 e. The molecule has 0 bridgehead atoms. The molecular weight excluding hydrogens is 1410 g/mol. The number of pyridine rings is 1. The van der Waals surface area contributed by atoms with E-state index in [1.54, 1.807) is 98.9 Å². The number of amides is 11. The van der Waals surface area contributed by atoms with Crippen LogP contribution in [0.15, 0.2) is 131 Å². The first-order chi connectivity index (χ1) is 51.7. The molecule has 3 heterocycles. The highest BCUT2D eigenvalue weighted by atomic mass is 32.2. The molecule has 11 atom stereocenters. The van der Waals surface area contributed by atoms with Crippen LogP contribution in [0.1, 0.15) is 109 Å². The minimum atomic E-state index is -1.73. The Labute approximate surface area is 628 Å². The number of aromatic nitrogens is 3. The number of carbonyl (C=O) groups excluding carboxylic acids is 12. The number of nitrogens with zero attached hydrogens (tertiary/aromatic N) is 3. The summed E-state index contributed by atoms with van der Waals surface area (Å²) in [7, 11) is 1.54. The lowest BCUT2D eigenvalue weighted by atomic mass is 10.00. The van der Waals surface area contributed by atoms with Gasteiger partial charge in [-0.3, -0.25) is 57.7 Å². The Kier molecular flexibility index (Phi) is 32.6. The molecule has 4 unspecified atom stereocenters. The van der Waals surface area contributed by atoms with E-state index in [-0.39, 0.29) is 88.7 Å². The van der Waals surface area contributed by atoms with Gasteiger partial charge >= 0.3 is 6.09 Å². The molecule has 1 aliphatic heterocycles. The molecule has 21 N–H and O–H groups in total. The molecule has 4 aromatic carbocycles. The van der Waals surface area contributed by atoms with E-state index in [2.05, 4.69) is 68.6 Å². The second-order valence-electron chi connectivity index (χ2n) is 26.0. The number of fused-ring (bicyclic) bond motifs is 1. The van der Waals surface area contributed by atoms with Crippen LogP contribution in [0.25, 0.3) is 23.1 Å². The van der Waals surface area contributed by atoms with Crippen molar-refractivity contribution in [2.24, 2.45) is 28.9 Å². The number of aliphatic hydroxyl groups excluding tert-OH is 2. The van der Waals surface area contributed by atoms with Gasteiger partial charge in [0.05, 0.1) is 34.7 Å². The van der Waals surface area contributed by atoms with Crippen LogP contribution in [0.5, 0.6) is 0 Å². The van der Waals surface area contributed by atoms with E-state index in [1.807, 2.05) is 24.3 Å². The quantitative estimate of drug-likeness (QED) is 0.0301. The summed E-state index contributed by atoms with van der Waals surface area (Å²) in [5.74, 6) is -9.98. The van der Waals surface area contributed by atoms with Crippen LogP contribution >= 0.6 is 11.8 Å². The number of aliphatic hydroxyl groups is 2. The van der Waals surface area contributed by atoms with E-state index in [1.165, 1.54) is 56.9 Å². The fourth-order valence-corrected chi connectivity index (χ4v) is 12.4. The van der Waals surface area contributed by atoms with Gasteiger partial charge in [0.2, 0.25) is 53.2 Å². The van der Waals surface area contributed by atoms with Crippen LogP contribution in [-0.4, -0.2) is 202 Å². The number of hydrogen-bond donors (Lipinski definition) is 17. The number of ether oxygens (including phenoxy) is 1. The molecule has 578 valence electrons. The van der Waals surface area contributed by atoms with Gasteiger partial charge in [0, 0.05) is 47.0 Å². The van der Waals surface area contributed by atoms with Crippen molar-refractivity contribution in [1.82, 2.24) is 73.2 Å². The van der Waals surface area contributed by atoms with Gasteiger partial charge in [0.1, 0.15) is 61.0 Å². The van der Waals surface area contributed by atoms with Crippen molar-refractivity contribution in [2.45, 2.75) is 156 Å². The second kappa shape index (κ2) is 41.8. The molecule has 34 heteroatoms. The van der Waals surface area contributed by atoms with Crippen LogP contribution in [0.4, 0.5) is 4.79 Å². The van der Waals surface area contributed by atoms with Crippen LogP contribution < -0.4 is 81.4 Å². The zero-order valence-corrected chi connectivity index (χ0v) is 61.4. The number of nitrogens with one attached hydrogen (secondary N) is 11. The first-order valence-corrected chi connectivity index (χ1v) is 36.2. The molecule has 6 aromatic rings. The number of benzene rings is 4. The maximum Gasteiger partial charge on any atom is 0.435 e. The van der Waals surface area contributed by atoms with Crippen molar-refractivity contribution in [3.05, 3.63) is 155 Å². The Morgan fingerprint density at radius 2 is 1.22 bits per heavy atom. The van der Waals surface area contributed by atoms with E-state index in [9.17, 15) is 67.7 Å². The highest BCUT2D eigenvalue weighted by Gasteiger charge is 2.38. The monoisotopic (exact) mass is 1510 g/mol. The van der Waals surface area contributed by atoms with Crippen molar-refractivity contribution < 1.29 is 72.5 Å². The Hall–Kier alpha value is -11.0. The summed E-state index contributed by atoms with van der Waals surface area (Å²) in [5, 5.41) is 55.3. The molecule has 108 heavy (non-hydrogen) atoms. The Bertz CT molecular complexity index is 4150. The highest BCUT2D eigenvalue weighted by Crippen LogP contribution is 2.34. The van der Waals surface area contributed by atoms with Gasteiger partial charge in [-0.05, 0) is 162 Å². The zero-order valence-electron chi connectivity index (χ0n) is 60.6. The number of rotatable bonds is 27. The lowest BCUT2D eigenvalue weighted by Crippen LogP contribution is -2.61. The molecule has 1 saturated heterocycles. The summed E-state index contributed by atoms with van der Waals surface area (Å²) in [6.45, 7) is 4.42. The molecule has 2 aromatic heterocycles. The predicted molar refractivity (Wildman–Crippen MR) is 401 cm³/mol. The van der Waals surface area contributed by atoms with Crippen LogP contribution in [0, 0.1) is 5.92 Å². The summed E-state index contributed by atoms with van der Waals surface area (Å²) in [5.41, 5.74) is 26.7. The van der Waals surface area contributed by atoms with Crippen LogP contribution in [0.2, 0.25) is 0 Å². The number of hydrogen-bond acceptors (Lipinski definition) is 22. The van der Waals surface area contributed by atoms with Crippen LogP contribution in [0.3, 0.4) is 0 Å². The number of nitrogens with two attached hydrogens (primary N) is 4. The lowest BCUT2D eigenvalue weighted by molar-refractivity contribution is -0.136. The molecule has 0 aliphatic carbocycles. The fourth-order valence-electron chi connectivity index (χ4n) is 11.5.